The van der Waals surface area contributed by atoms with Crippen LogP contribution in [0, 0.1) is 6.92 Å². The van der Waals surface area contributed by atoms with Gasteiger partial charge in [-0.2, -0.15) is 0 Å². The molecule has 0 bridgehead atoms. The molecular weight excluding hydrogens is 284 g/mol. The van der Waals surface area contributed by atoms with Crippen LogP contribution in [0.5, 0.6) is 0 Å². The van der Waals surface area contributed by atoms with Crippen LogP contribution in [0.2, 0.25) is 0 Å². The van der Waals surface area contributed by atoms with Crippen molar-refractivity contribution in [2.45, 2.75) is 32.4 Å². The zero-order chi connectivity index (χ0) is 14.9. The molecule has 21 heavy (non-hydrogen) atoms. The van der Waals surface area contributed by atoms with Gasteiger partial charge in [-0.15, -0.1) is 0 Å². The Kier molecular flexibility index (Phi) is 3.95. The molecule has 1 aliphatic rings. The van der Waals surface area contributed by atoms with E-state index in [1.165, 1.54) is 0 Å². The van der Waals surface area contributed by atoms with Crippen molar-refractivity contribution in [3.05, 3.63) is 41.6 Å². The zero-order valence-electron chi connectivity index (χ0n) is 12.2. The van der Waals surface area contributed by atoms with E-state index in [9.17, 15) is 8.42 Å². The van der Waals surface area contributed by atoms with Gasteiger partial charge in [0.1, 0.15) is 0 Å². The Balaban J connectivity index is 1.69. The predicted octanol–water partition coefficient (Wildman–Crippen LogP) is 2.21. The number of aryl methyl sites for hydroxylation is 1. The molecule has 1 N–H and O–H groups in total. The number of hydrogen-bond acceptors (Lipinski definition) is 4. The fourth-order valence-electron chi connectivity index (χ4n) is 2.83. The lowest BCUT2D eigenvalue weighted by molar-refractivity contribution is 0.480. The molecule has 1 atom stereocenters. The molecule has 1 aliphatic heterocycles. The van der Waals surface area contributed by atoms with Crippen molar-refractivity contribution in [1.29, 1.82) is 0 Å². The van der Waals surface area contributed by atoms with Crippen LogP contribution in [0.3, 0.4) is 0 Å². The van der Waals surface area contributed by atoms with Crippen LogP contribution in [0.25, 0.3) is 10.9 Å². The van der Waals surface area contributed by atoms with E-state index in [0.29, 0.717) is 12.3 Å². The fourth-order valence-corrected chi connectivity index (χ4v) is 4.50. The Morgan fingerprint density at radius 1 is 1.29 bits per heavy atom. The number of hydrogen-bond donors (Lipinski definition) is 1. The molecule has 0 saturated carbocycles. The number of nitrogens with zero attached hydrogens (tertiary/aromatic N) is 1. The molecule has 1 unspecified atom stereocenters. The number of aromatic nitrogens is 1. The number of sulfone groups is 1. The van der Waals surface area contributed by atoms with Crippen molar-refractivity contribution in [2.24, 2.45) is 0 Å². The smallest absolute Gasteiger partial charge is 0.151 e. The summed E-state index contributed by atoms with van der Waals surface area (Å²) < 4.78 is 23.3. The van der Waals surface area contributed by atoms with E-state index < -0.39 is 9.84 Å². The number of pyridine rings is 1. The highest BCUT2D eigenvalue weighted by molar-refractivity contribution is 7.91. The van der Waals surface area contributed by atoms with Gasteiger partial charge in [0.2, 0.25) is 0 Å². The van der Waals surface area contributed by atoms with Crippen molar-refractivity contribution in [2.75, 3.05) is 11.5 Å². The second kappa shape index (κ2) is 5.73. The second-order valence-electron chi connectivity index (χ2n) is 5.81. The van der Waals surface area contributed by atoms with Gasteiger partial charge in [0.15, 0.2) is 9.84 Å². The standard InChI is InChI=1S/C16H20N2O2S/c1-12-4-6-14-9-13(5-7-16(14)18-12)10-17-15-3-2-8-21(19,20)11-15/h4-7,9,15,17H,2-3,8,10-11H2,1H3. The predicted molar refractivity (Wildman–Crippen MR) is 85.0 cm³/mol. The van der Waals surface area contributed by atoms with Gasteiger partial charge < -0.3 is 5.32 Å². The molecule has 1 aromatic carbocycles. The van der Waals surface area contributed by atoms with E-state index in [4.69, 9.17) is 0 Å². The van der Waals surface area contributed by atoms with Gasteiger partial charge in [0.25, 0.3) is 0 Å². The molecule has 3 rings (SSSR count). The second-order valence-corrected chi connectivity index (χ2v) is 8.04. The monoisotopic (exact) mass is 304 g/mol. The van der Waals surface area contributed by atoms with Crippen molar-refractivity contribution in [3.8, 4) is 0 Å². The maximum atomic E-state index is 11.6. The van der Waals surface area contributed by atoms with Gasteiger partial charge in [-0.3, -0.25) is 4.98 Å². The van der Waals surface area contributed by atoms with Gasteiger partial charge in [-0.1, -0.05) is 12.1 Å². The van der Waals surface area contributed by atoms with Crippen LogP contribution in [0.15, 0.2) is 30.3 Å². The van der Waals surface area contributed by atoms with E-state index in [1.807, 2.05) is 19.1 Å². The fraction of sp³-hybridized carbons (Fsp3) is 0.438. The van der Waals surface area contributed by atoms with Crippen LogP contribution in [0.4, 0.5) is 0 Å². The molecule has 1 saturated heterocycles. The van der Waals surface area contributed by atoms with Crippen LogP contribution in [0.1, 0.15) is 24.1 Å². The highest BCUT2D eigenvalue weighted by Gasteiger charge is 2.24. The molecule has 4 nitrogen and oxygen atoms in total. The summed E-state index contributed by atoms with van der Waals surface area (Å²) in [5, 5.41) is 4.49. The zero-order valence-corrected chi connectivity index (χ0v) is 13.0. The van der Waals surface area contributed by atoms with Crippen LogP contribution in [-0.4, -0.2) is 30.9 Å². The summed E-state index contributed by atoms with van der Waals surface area (Å²) in [6, 6.07) is 10.4. The van der Waals surface area contributed by atoms with E-state index in [-0.39, 0.29) is 11.8 Å². The number of nitrogens with one attached hydrogen (secondary N) is 1. The van der Waals surface area contributed by atoms with Crippen LogP contribution < -0.4 is 5.32 Å². The van der Waals surface area contributed by atoms with Crippen molar-refractivity contribution in [3.63, 3.8) is 0 Å². The molecule has 0 spiro atoms. The Morgan fingerprint density at radius 2 is 2.14 bits per heavy atom. The maximum absolute atomic E-state index is 11.6. The molecule has 2 aromatic rings. The van der Waals surface area contributed by atoms with Crippen molar-refractivity contribution >= 4 is 20.7 Å². The third-order valence-electron chi connectivity index (χ3n) is 3.95. The SMILES string of the molecule is Cc1ccc2cc(CNC3CCCS(=O)(=O)C3)ccc2n1. The lowest BCUT2D eigenvalue weighted by Crippen LogP contribution is -2.39. The lowest BCUT2D eigenvalue weighted by atomic mass is 10.1. The van der Waals surface area contributed by atoms with E-state index in [1.54, 1.807) is 0 Å². The largest absolute Gasteiger partial charge is 0.309 e. The first-order chi connectivity index (χ1) is 10.0. The molecule has 2 heterocycles. The van der Waals surface area contributed by atoms with Crippen LogP contribution >= 0.6 is 0 Å². The van der Waals surface area contributed by atoms with Gasteiger partial charge >= 0.3 is 0 Å². The number of benzene rings is 1. The lowest BCUT2D eigenvalue weighted by Gasteiger charge is -2.23. The molecule has 1 aromatic heterocycles. The molecule has 1 fully saturated rings. The summed E-state index contributed by atoms with van der Waals surface area (Å²) in [6.45, 7) is 2.68. The van der Waals surface area contributed by atoms with Gasteiger partial charge in [-0.05, 0) is 43.5 Å². The molecule has 112 valence electrons. The van der Waals surface area contributed by atoms with Crippen molar-refractivity contribution in [1.82, 2.24) is 10.3 Å². The average Bonchev–Trinajstić information content (AvgIpc) is 2.44. The molecular formula is C16H20N2O2S. The summed E-state index contributed by atoms with van der Waals surface area (Å²) in [6.07, 6.45) is 1.70. The summed E-state index contributed by atoms with van der Waals surface area (Å²) in [5.41, 5.74) is 3.18. The third kappa shape index (κ3) is 3.60. The van der Waals surface area contributed by atoms with Gasteiger partial charge in [0.05, 0.1) is 17.0 Å². The Labute approximate surface area is 125 Å². The summed E-state index contributed by atoms with van der Waals surface area (Å²) in [4.78, 5) is 4.49. The Bertz CT molecular complexity index is 756. The van der Waals surface area contributed by atoms with Gasteiger partial charge in [0, 0.05) is 23.7 Å². The molecule has 0 radical (unpaired) electrons. The minimum absolute atomic E-state index is 0.0792. The first-order valence-corrected chi connectivity index (χ1v) is 9.14. The number of rotatable bonds is 3. The van der Waals surface area contributed by atoms with Crippen molar-refractivity contribution < 1.29 is 8.42 Å². The molecule has 5 heteroatoms. The quantitative estimate of drug-likeness (QED) is 0.944. The van der Waals surface area contributed by atoms with E-state index >= 15 is 0 Å². The Morgan fingerprint density at radius 3 is 2.95 bits per heavy atom. The molecule has 0 aliphatic carbocycles. The Hall–Kier alpha value is -1.46. The minimum Gasteiger partial charge on any atom is -0.309 e. The highest BCUT2D eigenvalue weighted by Crippen LogP contribution is 2.16. The van der Waals surface area contributed by atoms with E-state index in [0.717, 1.165) is 35.0 Å². The average molecular weight is 304 g/mol. The summed E-state index contributed by atoms with van der Waals surface area (Å²) >= 11 is 0. The first-order valence-electron chi connectivity index (χ1n) is 7.32. The summed E-state index contributed by atoms with van der Waals surface area (Å²) in [7, 11) is -2.85. The van der Waals surface area contributed by atoms with Gasteiger partial charge in [-0.25, -0.2) is 8.42 Å². The highest BCUT2D eigenvalue weighted by atomic mass is 32.2. The topological polar surface area (TPSA) is 59.1 Å². The van der Waals surface area contributed by atoms with Crippen LogP contribution in [-0.2, 0) is 16.4 Å². The maximum Gasteiger partial charge on any atom is 0.151 e. The number of fused-ring (bicyclic) bond motifs is 1. The normalized spacial score (nSPS) is 21.5. The first kappa shape index (κ1) is 14.5. The molecule has 0 amide bonds. The minimum atomic E-state index is -2.85. The van der Waals surface area contributed by atoms with E-state index in [2.05, 4.69) is 28.5 Å². The third-order valence-corrected chi connectivity index (χ3v) is 5.77. The summed E-state index contributed by atoms with van der Waals surface area (Å²) in [5.74, 6) is 0.605.